The Hall–Kier alpha value is -2.36. The van der Waals surface area contributed by atoms with Crippen LogP contribution < -0.4 is 0 Å². The molecule has 0 bridgehead atoms. The Kier molecular flexibility index (Phi) is 4.37. The SMILES string of the molecule is OCc1c(-c2ccc(Cl)cc2)noc1C=Cc1ccccc1. The first-order chi connectivity index (χ1) is 10.8. The summed E-state index contributed by atoms with van der Waals surface area (Å²) in [6.45, 7) is -0.143. The van der Waals surface area contributed by atoms with Crippen molar-refractivity contribution in [3.05, 3.63) is 76.5 Å². The molecule has 0 radical (unpaired) electrons. The van der Waals surface area contributed by atoms with E-state index >= 15 is 0 Å². The molecule has 0 fully saturated rings. The monoisotopic (exact) mass is 311 g/mol. The Morgan fingerprint density at radius 3 is 2.41 bits per heavy atom. The van der Waals surface area contributed by atoms with Gasteiger partial charge in [0.15, 0.2) is 5.76 Å². The Balaban J connectivity index is 1.94. The third-order valence-corrected chi connectivity index (χ3v) is 3.57. The predicted molar refractivity (Wildman–Crippen MR) is 88.2 cm³/mol. The standard InChI is InChI=1S/C18H14ClNO2/c19-15-9-7-14(8-10-15)18-16(12-21)17(22-20-18)11-6-13-4-2-1-3-5-13/h1-11,21H,12H2. The summed E-state index contributed by atoms with van der Waals surface area (Å²) < 4.78 is 5.36. The van der Waals surface area contributed by atoms with E-state index in [1.807, 2.05) is 54.6 Å². The summed E-state index contributed by atoms with van der Waals surface area (Å²) in [5.41, 5.74) is 3.20. The van der Waals surface area contributed by atoms with E-state index in [1.54, 1.807) is 12.1 Å². The number of aromatic nitrogens is 1. The minimum absolute atomic E-state index is 0.143. The molecule has 0 unspecified atom stereocenters. The molecule has 0 aliphatic rings. The molecular formula is C18H14ClNO2. The minimum Gasteiger partial charge on any atom is -0.391 e. The zero-order valence-electron chi connectivity index (χ0n) is 11.7. The molecule has 0 spiro atoms. The lowest BCUT2D eigenvalue weighted by Gasteiger charge is -1.99. The van der Waals surface area contributed by atoms with Crippen molar-refractivity contribution in [3.63, 3.8) is 0 Å². The summed E-state index contributed by atoms with van der Waals surface area (Å²) in [4.78, 5) is 0. The molecular weight excluding hydrogens is 298 g/mol. The molecule has 1 aromatic heterocycles. The highest BCUT2D eigenvalue weighted by Gasteiger charge is 2.14. The summed E-state index contributed by atoms with van der Waals surface area (Å²) in [5.74, 6) is 0.552. The van der Waals surface area contributed by atoms with Crippen molar-refractivity contribution < 1.29 is 9.63 Å². The first-order valence-corrected chi connectivity index (χ1v) is 7.24. The molecule has 0 aliphatic carbocycles. The number of aliphatic hydroxyl groups is 1. The first kappa shape index (κ1) is 14.6. The van der Waals surface area contributed by atoms with Gasteiger partial charge >= 0.3 is 0 Å². The van der Waals surface area contributed by atoms with E-state index in [2.05, 4.69) is 5.16 Å². The van der Waals surface area contributed by atoms with Crippen LogP contribution in [-0.2, 0) is 6.61 Å². The number of rotatable bonds is 4. The van der Waals surface area contributed by atoms with Gasteiger partial charge in [-0.3, -0.25) is 0 Å². The number of hydrogen-bond donors (Lipinski definition) is 1. The van der Waals surface area contributed by atoms with Crippen molar-refractivity contribution in [1.82, 2.24) is 5.16 Å². The molecule has 4 heteroatoms. The van der Waals surface area contributed by atoms with Gasteiger partial charge in [0.25, 0.3) is 0 Å². The molecule has 0 saturated carbocycles. The van der Waals surface area contributed by atoms with Gasteiger partial charge in [-0.25, -0.2) is 0 Å². The maximum atomic E-state index is 9.64. The summed E-state index contributed by atoms with van der Waals surface area (Å²) in [5, 5.41) is 14.4. The third-order valence-electron chi connectivity index (χ3n) is 3.32. The quantitative estimate of drug-likeness (QED) is 0.762. The van der Waals surface area contributed by atoms with Gasteiger partial charge in [-0.15, -0.1) is 0 Å². The second-order valence-electron chi connectivity index (χ2n) is 4.78. The van der Waals surface area contributed by atoms with Gasteiger partial charge in [-0.05, 0) is 23.8 Å². The van der Waals surface area contributed by atoms with Crippen molar-refractivity contribution in [2.24, 2.45) is 0 Å². The topological polar surface area (TPSA) is 46.3 Å². The van der Waals surface area contributed by atoms with Crippen LogP contribution in [0.1, 0.15) is 16.9 Å². The van der Waals surface area contributed by atoms with Gasteiger partial charge in [0.1, 0.15) is 5.69 Å². The molecule has 0 saturated heterocycles. The second-order valence-corrected chi connectivity index (χ2v) is 5.22. The normalized spacial score (nSPS) is 11.2. The van der Waals surface area contributed by atoms with E-state index in [1.165, 1.54) is 0 Å². The Bertz CT molecular complexity index is 777. The predicted octanol–water partition coefficient (Wildman–Crippen LogP) is 4.66. The number of halogens is 1. The van der Waals surface area contributed by atoms with Crippen LogP contribution >= 0.6 is 11.6 Å². The van der Waals surface area contributed by atoms with E-state index in [9.17, 15) is 5.11 Å². The zero-order chi connectivity index (χ0) is 15.4. The zero-order valence-corrected chi connectivity index (χ0v) is 12.5. The van der Waals surface area contributed by atoms with Crippen LogP contribution in [0.3, 0.4) is 0 Å². The number of hydrogen-bond acceptors (Lipinski definition) is 3. The Morgan fingerprint density at radius 1 is 1.00 bits per heavy atom. The summed E-state index contributed by atoms with van der Waals surface area (Å²) >= 11 is 5.89. The lowest BCUT2D eigenvalue weighted by Crippen LogP contribution is -1.88. The fourth-order valence-electron chi connectivity index (χ4n) is 2.18. The van der Waals surface area contributed by atoms with Crippen LogP contribution in [0.25, 0.3) is 23.4 Å². The molecule has 3 nitrogen and oxygen atoms in total. The smallest absolute Gasteiger partial charge is 0.165 e. The van der Waals surface area contributed by atoms with Crippen LogP contribution in [-0.4, -0.2) is 10.3 Å². The fraction of sp³-hybridized carbons (Fsp3) is 0.0556. The van der Waals surface area contributed by atoms with Crippen molar-refractivity contribution in [2.45, 2.75) is 6.61 Å². The molecule has 3 rings (SSSR count). The van der Waals surface area contributed by atoms with Gasteiger partial charge < -0.3 is 9.63 Å². The van der Waals surface area contributed by atoms with E-state index in [-0.39, 0.29) is 6.61 Å². The molecule has 0 aliphatic heterocycles. The average molecular weight is 312 g/mol. The average Bonchev–Trinajstić information content (AvgIpc) is 2.97. The van der Waals surface area contributed by atoms with Crippen molar-refractivity contribution in [3.8, 4) is 11.3 Å². The van der Waals surface area contributed by atoms with Crippen LogP contribution in [0.15, 0.2) is 59.1 Å². The van der Waals surface area contributed by atoms with E-state index < -0.39 is 0 Å². The van der Waals surface area contributed by atoms with Gasteiger partial charge in [0, 0.05) is 10.6 Å². The van der Waals surface area contributed by atoms with E-state index in [0.29, 0.717) is 22.0 Å². The molecule has 3 aromatic rings. The van der Waals surface area contributed by atoms with Gasteiger partial charge in [0.2, 0.25) is 0 Å². The molecule has 1 N–H and O–H groups in total. The van der Waals surface area contributed by atoms with Crippen LogP contribution in [0, 0.1) is 0 Å². The highest BCUT2D eigenvalue weighted by molar-refractivity contribution is 6.30. The Labute approximate surface area is 133 Å². The number of nitrogens with zero attached hydrogens (tertiary/aromatic N) is 1. The molecule has 110 valence electrons. The van der Waals surface area contributed by atoms with Crippen molar-refractivity contribution >= 4 is 23.8 Å². The second kappa shape index (κ2) is 6.60. The van der Waals surface area contributed by atoms with Crippen molar-refractivity contribution in [2.75, 3.05) is 0 Å². The molecule has 2 aromatic carbocycles. The lowest BCUT2D eigenvalue weighted by molar-refractivity contribution is 0.280. The molecule has 0 atom stereocenters. The maximum Gasteiger partial charge on any atom is 0.165 e. The van der Waals surface area contributed by atoms with Gasteiger partial charge in [-0.2, -0.15) is 0 Å². The van der Waals surface area contributed by atoms with Crippen LogP contribution in [0.4, 0.5) is 0 Å². The molecule has 22 heavy (non-hydrogen) atoms. The van der Waals surface area contributed by atoms with E-state index in [0.717, 1.165) is 11.1 Å². The summed E-state index contributed by atoms with van der Waals surface area (Å²) in [6.07, 6.45) is 3.73. The third kappa shape index (κ3) is 3.11. The van der Waals surface area contributed by atoms with Gasteiger partial charge in [-0.1, -0.05) is 65.3 Å². The van der Waals surface area contributed by atoms with Crippen LogP contribution in [0.2, 0.25) is 5.02 Å². The van der Waals surface area contributed by atoms with Crippen molar-refractivity contribution in [1.29, 1.82) is 0 Å². The lowest BCUT2D eigenvalue weighted by atomic mass is 10.1. The number of aliphatic hydroxyl groups excluding tert-OH is 1. The maximum absolute atomic E-state index is 9.64. The van der Waals surface area contributed by atoms with Gasteiger partial charge in [0.05, 0.1) is 12.2 Å². The Morgan fingerprint density at radius 2 is 1.73 bits per heavy atom. The molecule has 1 heterocycles. The molecule has 0 amide bonds. The van der Waals surface area contributed by atoms with E-state index in [4.69, 9.17) is 16.1 Å². The largest absolute Gasteiger partial charge is 0.391 e. The summed E-state index contributed by atoms with van der Waals surface area (Å²) in [6, 6.07) is 17.1. The van der Waals surface area contributed by atoms with Crippen LogP contribution in [0.5, 0.6) is 0 Å². The summed E-state index contributed by atoms with van der Waals surface area (Å²) in [7, 11) is 0. The highest BCUT2D eigenvalue weighted by Crippen LogP contribution is 2.27. The fourth-order valence-corrected chi connectivity index (χ4v) is 2.30. The minimum atomic E-state index is -0.143. The number of benzene rings is 2. The first-order valence-electron chi connectivity index (χ1n) is 6.86. The highest BCUT2D eigenvalue weighted by atomic mass is 35.5.